The second kappa shape index (κ2) is 15.7. The van der Waals surface area contributed by atoms with E-state index < -0.39 is 42.3 Å². The molecule has 2 atom stereocenters. The monoisotopic (exact) mass is 561 g/mol. The van der Waals surface area contributed by atoms with Gasteiger partial charge < -0.3 is 20.1 Å². The van der Waals surface area contributed by atoms with E-state index in [1.54, 1.807) is 13.8 Å². The van der Waals surface area contributed by atoms with Gasteiger partial charge in [-0.1, -0.05) is 27.7 Å². The summed E-state index contributed by atoms with van der Waals surface area (Å²) < 4.78 is 9.72. The van der Waals surface area contributed by atoms with Crippen LogP contribution in [0, 0.1) is 11.8 Å². The first-order valence-corrected chi connectivity index (χ1v) is 13.3. The largest absolute Gasteiger partial charge is 0.464 e. The number of aromatic nitrogens is 1. The van der Waals surface area contributed by atoms with Gasteiger partial charge in [-0.15, -0.1) is 0 Å². The lowest BCUT2D eigenvalue weighted by Crippen LogP contribution is -2.61. The van der Waals surface area contributed by atoms with Gasteiger partial charge >= 0.3 is 11.9 Å². The minimum Gasteiger partial charge on any atom is -0.464 e. The van der Waals surface area contributed by atoms with Gasteiger partial charge in [-0.3, -0.25) is 24.2 Å². The SMILES string of the molecule is COC(=O)c1cc(C(=O)OCC(=O)[C@H](NC(=O)[C@@H]2CCCNN2C(=O)CCNC(=O)CC(C)C)C(C)C)ccn1. The van der Waals surface area contributed by atoms with Crippen LogP contribution >= 0.6 is 0 Å². The fourth-order valence-corrected chi connectivity index (χ4v) is 4.07. The number of esters is 2. The van der Waals surface area contributed by atoms with Gasteiger partial charge in [0.1, 0.15) is 11.7 Å². The third-order valence-electron chi connectivity index (χ3n) is 6.12. The highest BCUT2D eigenvalue weighted by Crippen LogP contribution is 2.14. The molecule has 1 saturated heterocycles. The highest BCUT2D eigenvalue weighted by molar-refractivity contribution is 5.97. The summed E-state index contributed by atoms with van der Waals surface area (Å²) >= 11 is 0. The molecule has 2 rings (SSSR count). The Morgan fingerprint density at radius 1 is 1.12 bits per heavy atom. The summed E-state index contributed by atoms with van der Waals surface area (Å²) in [5.41, 5.74) is 2.87. The number of nitrogens with zero attached hydrogens (tertiary/aromatic N) is 2. The lowest BCUT2D eigenvalue weighted by molar-refractivity contribution is -0.147. The van der Waals surface area contributed by atoms with Gasteiger partial charge in [0.15, 0.2) is 12.4 Å². The molecule has 13 nitrogen and oxygen atoms in total. The number of hydrogen-bond donors (Lipinski definition) is 3. The second-order valence-corrected chi connectivity index (χ2v) is 10.2. The quantitative estimate of drug-likeness (QED) is 0.292. The minimum atomic E-state index is -0.974. The lowest BCUT2D eigenvalue weighted by Gasteiger charge is -2.36. The third kappa shape index (κ3) is 9.70. The molecule has 0 radical (unpaired) electrons. The predicted molar refractivity (Wildman–Crippen MR) is 143 cm³/mol. The molecule has 1 aromatic heterocycles. The number of methoxy groups -OCH3 is 1. The van der Waals surface area contributed by atoms with Crippen LogP contribution in [0.4, 0.5) is 0 Å². The van der Waals surface area contributed by atoms with E-state index >= 15 is 0 Å². The van der Waals surface area contributed by atoms with Crippen molar-refractivity contribution in [1.29, 1.82) is 0 Å². The van der Waals surface area contributed by atoms with Crippen LogP contribution in [-0.2, 0) is 28.7 Å². The number of nitrogens with one attached hydrogen (secondary N) is 3. The molecular formula is C27H39N5O8. The van der Waals surface area contributed by atoms with Crippen molar-refractivity contribution >= 4 is 35.4 Å². The van der Waals surface area contributed by atoms with Crippen LogP contribution in [0.1, 0.15) is 74.2 Å². The zero-order valence-electron chi connectivity index (χ0n) is 23.7. The summed E-state index contributed by atoms with van der Waals surface area (Å²) in [6.07, 6.45) is 2.65. The number of amides is 3. The summed E-state index contributed by atoms with van der Waals surface area (Å²) in [5, 5.41) is 6.68. The zero-order valence-corrected chi connectivity index (χ0v) is 23.7. The van der Waals surface area contributed by atoms with Crippen LogP contribution in [0.5, 0.6) is 0 Å². The number of ketones is 1. The Morgan fingerprint density at radius 3 is 2.50 bits per heavy atom. The Bertz CT molecular complexity index is 1090. The number of Topliss-reactive ketones (excluding diaryl/α,β-unsaturated/α-hetero) is 1. The number of carbonyl (C=O) groups excluding carboxylic acids is 6. The summed E-state index contributed by atoms with van der Waals surface area (Å²) in [4.78, 5) is 78.8. The number of pyridine rings is 1. The van der Waals surface area contributed by atoms with Crippen molar-refractivity contribution in [3.63, 3.8) is 0 Å². The van der Waals surface area contributed by atoms with Gasteiger partial charge in [-0.2, -0.15) is 0 Å². The van der Waals surface area contributed by atoms with Gasteiger partial charge in [0.25, 0.3) is 0 Å². The van der Waals surface area contributed by atoms with E-state index in [0.717, 1.165) is 0 Å². The van der Waals surface area contributed by atoms with Crippen LogP contribution in [0.15, 0.2) is 18.3 Å². The number of carbonyl (C=O) groups is 6. The first kappa shape index (κ1) is 32.3. The van der Waals surface area contributed by atoms with Gasteiger partial charge in [-0.05, 0) is 36.8 Å². The first-order chi connectivity index (χ1) is 18.9. The average Bonchev–Trinajstić information content (AvgIpc) is 2.93. The maximum Gasteiger partial charge on any atom is 0.356 e. The molecular weight excluding hydrogens is 522 g/mol. The van der Waals surface area contributed by atoms with Crippen molar-refractivity contribution in [1.82, 2.24) is 26.1 Å². The molecule has 1 fully saturated rings. The number of hydrogen-bond acceptors (Lipinski definition) is 10. The highest BCUT2D eigenvalue weighted by Gasteiger charge is 2.35. The van der Waals surface area contributed by atoms with Crippen molar-refractivity contribution in [3.8, 4) is 0 Å². The van der Waals surface area contributed by atoms with Gasteiger partial charge in [0.05, 0.1) is 18.7 Å². The van der Waals surface area contributed by atoms with E-state index in [1.165, 1.54) is 30.4 Å². The molecule has 40 heavy (non-hydrogen) atoms. The Hall–Kier alpha value is -3.87. The Morgan fingerprint density at radius 2 is 1.85 bits per heavy atom. The Balaban J connectivity index is 1.97. The standard InChI is InChI=1S/C27H39N5O8/c1-16(2)13-22(34)29-12-9-23(35)32-20(7-6-10-30-32)25(36)31-24(17(3)4)21(33)15-40-26(37)18-8-11-28-19(14-18)27(38)39-5/h8,11,14,16-17,20,24,30H,6-7,9-10,12-13,15H2,1-5H3,(H,29,34)(H,31,36)/t20-,24+/m0/s1. The van der Waals surface area contributed by atoms with E-state index in [-0.39, 0.29) is 47.9 Å². The van der Waals surface area contributed by atoms with Crippen LogP contribution in [0.3, 0.4) is 0 Å². The van der Waals surface area contributed by atoms with Crippen LogP contribution in [0.25, 0.3) is 0 Å². The van der Waals surface area contributed by atoms with Crippen LogP contribution in [-0.4, -0.2) is 84.3 Å². The van der Waals surface area contributed by atoms with Crippen LogP contribution in [0.2, 0.25) is 0 Å². The van der Waals surface area contributed by atoms with E-state index in [2.05, 4.69) is 25.8 Å². The second-order valence-electron chi connectivity index (χ2n) is 10.2. The maximum atomic E-state index is 13.2. The van der Waals surface area contributed by atoms with Crippen molar-refractivity contribution in [2.45, 2.75) is 65.5 Å². The number of rotatable bonds is 13. The van der Waals surface area contributed by atoms with E-state index in [4.69, 9.17) is 4.74 Å². The molecule has 1 aliphatic rings. The molecule has 0 bridgehead atoms. The third-order valence-corrected chi connectivity index (χ3v) is 6.12. The van der Waals surface area contributed by atoms with Crippen molar-refractivity contribution in [3.05, 3.63) is 29.6 Å². The minimum absolute atomic E-state index is 0.00973. The van der Waals surface area contributed by atoms with E-state index in [0.29, 0.717) is 25.8 Å². The molecule has 0 unspecified atom stereocenters. The zero-order chi connectivity index (χ0) is 29.8. The van der Waals surface area contributed by atoms with Crippen molar-refractivity contribution in [2.24, 2.45) is 11.8 Å². The molecule has 0 spiro atoms. The Kier molecular flexibility index (Phi) is 12.7. The topological polar surface area (TPSA) is 173 Å². The summed E-state index contributed by atoms with van der Waals surface area (Å²) in [6.45, 7) is 7.36. The fourth-order valence-electron chi connectivity index (χ4n) is 4.07. The summed E-state index contributed by atoms with van der Waals surface area (Å²) in [7, 11) is 1.18. The molecule has 13 heteroatoms. The van der Waals surface area contributed by atoms with Gasteiger partial charge in [-0.25, -0.2) is 20.0 Å². The maximum absolute atomic E-state index is 13.2. The smallest absolute Gasteiger partial charge is 0.356 e. The van der Waals surface area contributed by atoms with E-state index in [9.17, 15) is 28.8 Å². The summed E-state index contributed by atoms with van der Waals surface area (Å²) in [5.74, 6) is -3.25. The molecule has 2 heterocycles. The van der Waals surface area contributed by atoms with E-state index in [1.807, 2.05) is 13.8 Å². The highest BCUT2D eigenvalue weighted by atomic mass is 16.5. The molecule has 220 valence electrons. The molecule has 0 aromatic carbocycles. The van der Waals surface area contributed by atoms with Gasteiger partial charge in [0, 0.05) is 32.1 Å². The van der Waals surface area contributed by atoms with Crippen molar-refractivity contribution < 1.29 is 38.2 Å². The number of hydrazine groups is 1. The normalized spacial score (nSPS) is 15.8. The lowest BCUT2D eigenvalue weighted by atomic mass is 9.98. The molecule has 1 aromatic rings. The first-order valence-electron chi connectivity index (χ1n) is 13.3. The molecule has 0 saturated carbocycles. The Labute approximate surface area is 233 Å². The van der Waals surface area contributed by atoms with Crippen LogP contribution < -0.4 is 16.1 Å². The predicted octanol–water partition coefficient (Wildman–Crippen LogP) is 0.783. The number of ether oxygens (including phenoxy) is 2. The fraction of sp³-hybridized carbons (Fsp3) is 0.593. The summed E-state index contributed by atoms with van der Waals surface area (Å²) in [6, 6.07) is 0.700. The molecule has 0 aliphatic carbocycles. The molecule has 1 aliphatic heterocycles. The molecule has 3 amide bonds. The molecule has 3 N–H and O–H groups in total. The average molecular weight is 562 g/mol. The van der Waals surface area contributed by atoms with Gasteiger partial charge in [0.2, 0.25) is 17.7 Å². The van der Waals surface area contributed by atoms with Crippen molar-refractivity contribution in [2.75, 3.05) is 26.8 Å².